The van der Waals surface area contributed by atoms with E-state index in [1.807, 2.05) is 71.9 Å². The Bertz CT molecular complexity index is 1900. The van der Waals surface area contributed by atoms with Crippen molar-refractivity contribution in [1.82, 2.24) is 0 Å². The Labute approximate surface area is 349 Å². The minimum absolute atomic E-state index is 0.0123. The molecule has 0 N–H and O–H groups in total. The molecule has 0 amide bonds. The molecular weight excluding hydrogens is 786 g/mol. The summed E-state index contributed by atoms with van der Waals surface area (Å²) in [6, 6.07) is 15.3. The fourth-order valence-corrected chi connectivity index (χ4v) is 8.52. The molecule has 0 aliphatic carbocycles. The van der Waals surface area contributed by atoms with Crippen LogP contribution in [-0.2, 0) is 24.5 Å². The number of nitrogens with zero attached hydrogens (tertiary/aromatic N) is 3. The Morgan fingerprint density at radius 2 is 1.61 bits per heavy atom. The number of para-hydroxylation sites is 1. The zero-order chi connectivity index (χ0) is 43.0. The fourth-order valence-electron chi connectivity index (χ4n) is 8.17. The molecule has 0 saturated heterocycles. The number of carbonyl (C=O) groups is 2. The molecule has 57 heavy (non-hydrogen) atoms. The van der Waals surface area contributed by atoms with Crippen molar-refractivity contribution >= 4 is 45.3 Å². The highest BCUT2D eigenvalue weighted by atomic mass is 79.9. The quantitative estimate of drug-likeness (QED) is 0.0501. The summed E-state index contributed by atoms with van der Waals surface area (Å²) >= 11 is 3.76. The number of rotatable bonds is 17. The number of esters is 2. The summed E-state index contributed by atoms with van der Waals surface area (Å²) < 4.78 is 18.1. The van der Waals surface area contributed by atoms with Crippen molar-refractivity contribution in [3.8, 4) is 11.8 Å². The van der Waals surface area contributed by atoms with Crippen LogP contribution in [0.5, 0.6) is 5.75 Å². The number of nitro groups is 1. The summed E-state index contributed by atoms with van der Waals surface area (Å²) in [5, 5.41) is 22.2. The third-order valence-corrected chi connectivity index (χ3v) is 14.5. The topological polar surface area (TPSA) is 132 Å². The molecule has 2 aliphatic heterocycles. The van der Waals surface area contributed by atoms with Gasteiger partial charge in [0.2, 0.25) is 5.72 Å². The fraction of sp³-hybridized carbons (Fsp3) is 0.630. The van der Waals surface area contributed by atoms with Gasteiger partial charge in [0.15, 0.2) is 0 Å². The van der Waals surface area contributed by atoms with Crippen molar-refractivity contribution in [2.24, 2.45) is 33.5 Å². The van der Waals surface area contributed by atoms with Gasteiger partial charge in [-0.15, -0.1) is 0 Å². The number of hydrogen-bond acceptors (Lipinski definition) is 9. The number of hydrogen-bond donors (Lipinski definition) is 0. The molecule has 0 saturated carbocycles. The van der Waals surface area contributed by atoms with E-state index >= 15 is 0 Å². The van der Waals surface area contributed by atoms with Crippen LogP contribution in [0.1, 0.15) is 127 Å². The summed E-state index contributed by atoms with van der Waals surface area (Å²) in [4.78, 5) is 40.7. The van der Waals surface area contributed by atoms with Gasteiger partial charge in [-0.25, -0.2) is 0 Å². The molecule has 0 fully saturated rings. The van der Waals surface area contributed by atoms with E-state index in [-0.39, 0.29) is 24.2 Å². The zero-order valence-corrected chi connectivity index (χ0v) is 38.0. The molecule has 2 aromatic carbocycles. The molecule has 1 spiro atoms. The van der Waals surface area contributed by atoms with Crippen LogP contribution in [0.3, 0.4) is 0 Å². The smallest absolute Gasteiger partial charge is 0.312 e. The van der Waals surface area contributed by atoms with Crippen molar-refractivity contribution in [3.05, 3.63) is 69.8 Å². The summed E-state index contributed by atoms with van der Waals surface area (Å²) in [5.41, 5.74) is -1.55. The van der Waals surface area contributed by atoms with Gasteiger partial charge in [-0.1, -0.05) is 89.0 Å². The molecular formula is C46H64BrN3O7. The first kappa shape index (κ1) is 45.8. The van der Waals surface area contributed by atoms with E-state index in [1.165, 1.54) is 12.1 Å². The molecule has 0 aromatic heterocycles. The molecule has 0 bridgehead atoms. The standard InChI is InChI=1S/C46H64BrN3O7/c1-14-15-25-55-38(51)35(45(12,13)47)29-41(4,5)42(6,7)32(30-48)28-40(2,3)44(10,11)39(52)56-26-24-49-36-19-17-16-18-34(36)43(8,9)46(49)23-22-31-27-33(50(53)54)20-21-37(31)57-46/h16-23,27,32,35H,14-15,24-26,28-29H2,1-13H3. The van der Waals surface area contributed by atoms with E-state index in [0.29, 0.717) is 37.3 Å². The third-order valence-electron chi connectivity index (χ3n) is 13.9. The Hall–Kier alpha value is -3.91. The van der Waals surface area contributed by atoms with Crippen molar-refractivity contribution in [3.63, 3.8) is 0 Å². The first-order valence-electron chi connectivity index (χ1n) is 20.2. The predicted molar refractivity (Wildman–Crippen MR) is 229 cm³/mol. The van der Waals surface area contributed by atoms with Crippen LogP contribution in [0, 0.1) is 54.9 Å². The molecule has 3 unspecified atom stereocenters. The maximum atomic E-state index is 14.2. The number of alkyl halides is 1. The highest BCUT2D eigenvalue weighted by molar-refractivity contribution is 9.10. The van der Waals surface area contributed by atoms with E-state index in [1.54, 1.807) is 6.07 Å². The first-order chi connectivity index (χ1) is 26.2. The molecule has 0 radical (unpaired) electrons. The van der Waals surface area contributed by atoms with Crippen LogP contribution in [0.25, 0.3) is 6.08 Å². The Kier molecular flexibility index (Phi) is 13.2. The largest absolute Gasteiger partial charge is 0.465 e. The monoisotopic (exact) mass is 849 g/mol. The van der Waals surface area contributed by atoms with Gasteiger partial charge in [-0.2, -0.15) is 5.26 Å². The molecule has 2 aliphatic rings. The third kappa shape index (κ3) is 8.63. The van der Waals surface area contributed by atoms with Crippen LogP contribution in [-0.4, -0.2) is 46.7 Å². The van der Waals surface area contributed by atoms with E-state index in [2.05, 4.69) is 81.4 Å². The van der Waals surface area contributed by atoms with Crippen molar-refractivity contribution < 1.29 is 28.7 Å². The Morgan fingerprint density at radius 1 is 0.965 bits per heavy atom. The first-order valence-corrected chi connectivity index (χ1v) is 21.0. The van der Waals surface area contributed by atoms with Gasteiger partial charge >= 0.3 is 11.9 Å². The highest BCUT2D eigenvalue weighted by Gasteiger charge is 2.59. The molecule has 3 atom stereocenters. The maximum Gasteiger partial charge on any atom is 0.312 e. The van der Waals surface area contributed by atoms with E-state index in [9.17, 15) is 25.0 Å². The number of carbonyl (C=O) groups excluding carboxylic acids is 2. The lowest BCUT2D eigenvalue weighted by atomic mass is 9.53. The molecule has 2 aromatic rings. The SMILES string of the molecule is CCCCOC(=O)C(CC(C)(C)C(C)(C)C(C#N)CC(C)(C)C(C)(C)C(=O)OCCN1c2ccccc2C(C)(C)C12C=Cc1cc([N+](=O)[O-])ccc1O2)C(C)(C)Br. The van der Waals surface area contributed by atoms with Crippen molar-refractivity contribution in [2.75, 3.05) is 24.7 Å². The number of ether oxygens (including phenoxy) is 3. The average molecular weight is 851 g/mol. The predicted octanol–water partition coefficient (Wildman–Crippen LogP) is 11.2. The maximum absolute atomic E-state index is 14.2. The van der Waals surface area contributed by atoms with E-state index < -0.39 is 53.9 Å². The summed E-state index contributed by atoms with van der Waals surface area (Å²) in [6.07, 6.45) is 6.51. The number of fused-ring (bicyclic) bond motifs is 2. The summed E-state index contributed by atoms with van der Waals surface area (Å²) in [7, 11) is 0. The number of nitro benzene ring substituents is 1. The number of nitriles is 1. The van der Waals surface area contributed by atoms with Gasteiger partial charge in [0.1, 0.15) is 12.4 Å². The van der Waals surface area contributed by atoms with Gasteiger partial charge in [0.25, 0.3) is 5.69 Å². The number of anilines is 1. The van der Waals surface area contributed by atoms with E-state index in [4.69, 9.17) is 14.2 Å². The van der Waals surface area contributed by atoms with Gasteiger partial charge in [-0.3, -0.25) is 19.7 Å². The molecule has 2 heterocycles. The number of halogens is 1. The van der Waals surface area contributed by atoms with Crippen molar-refractivity contribution in [2.45, 2.75) is 131 Å². The number of benzene rings is 2. The minimum atomic E-state index is -0.991. The van der Waals surface area contributed by atoms with Gasteiger partial charge in [-0.05, 0) is 107 Å². The molecule has 4 rings (SSSR count). The van der Waals surface area contributed by atoms with E-state index in [0.717, 1.165) is 24.1 Å². The summed E-state index contributed by atoms with van der Waals surface area (Å²) in [5.74, 6) is -0.949. The molecule has 10 nitrogen and oxygen atoms in total. The van der Waals surface area contributed by atoms with Crippen molar-refractivity contribution in [1.29, 1.82) is 5.26 Å². The lowest BCUT2D eigenvalue weighted by Crippen LogP contribution is -2.60. The van der Waals surface area contributed by atoms with Crippen LogP contribution in [0.15, 0.2) is 48.5 Å². The molecule has 312 valence electrons. The summed E-state index contributed by atoms with van der Waals surface area (Å²) in [6.45, 7) is 27.3. The lowest BCUT2D eigenvalue weighted by molar-refractivity contribution is -0.384. The van der Waals surface area contributed by atoms with Gasteiger partial charge in [0.05, 0.1) is 46.8 Å². The number of unbranched alkanes of at least 4 members (excludes halogenated alkanes) is 1. The van der Waals surface area contributed by atoms with Crippen LogP contribution in [0.2, 0.25) is 0 Å². The minimum Gasteiger partial charge on any atom is -0.465 e. The second-order valence-electron chi connectivity index (χ2n) is 19.4. The number of non-ortho nitro benzene ring substituents is 1. The van der Waals surface area contributed by atoms with Crippen LogP contribution >= 0.6 is 15.9 Å². The highest BCUT2D eigenvalue weighted by Crippen LogP contribution is 2.57. The van der Waals surface area contributed by atoms with Crippen LogP contribution < -0.4 is 9.64 Å². The normalized spacial score (nSPS) is 18.9. The molecule has 11 heteroatoms. The second kappa shape index (κ2) is 16.4. The van der Waals surface area contributed by atoms with Crippen LogP contribution in [0.4, 0.5) is 11.4 Å². The van der Waals surface area contributed by atoms with Gasteiger partial charge in [0, 0.05) is 27.7 Å². The second-order valence-corrected chi connectivity index (χ2v) is 21.4. The average Bonchev–Trinajstić information content (AvgIpc) is 3.30. The Balaban J connectivity index is 1.52. The zero-order valence-electron chi connectivity index (χ0n) is 36.4. The lowest BCUT2D eigenvalue weighted by Gasteiger charge is -2.50. The Morgan fingerprint density at radius 3 is 2.21 bits per heavy atom. The van der Waals surface area contributed by atoms with Gasteiger partial charge < -0.3 is 19.1 Å².